The normalized spacial score (nSPS) is 13.1. The number of quaternary nitrogens is 1. The van der Waals surface area contributed by atoms with Gasteiger partial charge in [0.1, 0.15) is 6.61 Å². The van der Waals surface area contributed by atoms with Gasteiger partial charge in [-0.2, -0.15) is 0 Å². The Hall–Kier alpha value is -2.45. The average molecular weight is 875 g/mol. The summed E-state index contributed by atoms with van der Waals surface area (Å²) in [5.74, 6) is -1.47. The summed E-state index contributed by atoms with van der Waals surface area (Å²) in [4.78, 5) is 37.2. The van der Waals surface area contributed by atoms with Gasteiger partial charge in [0.15, 0.2) is 12.1 Å². The first kappa shape index (κ1) is 59.5. The predicted octanol–water partition coefficient (Wildman–Crippen LogP) is 15.0. The summed E-state index contributed by atoms with van der Waals surface area (Å²) in [5.41, 5.74) is 0. The van der Waals surface area contributed by atoms with E-state index in [0.29, 0.717) is 19.3 Å². The molecular weight excluding hydrogens is 775 g/mol. The number of carbonyl (C=O) groups is 3. The molecule has 0 aromatic carbocycles. The third-order valence-corrected chi connectivity index (χ3v) is 11.8. The second-order valence-electron chi connectivity index (χ2n) is 18.8. The smallest absolute Gasteiger partial charge is 0.362 e. The number of esters is 2. The summed E-state index contributed by atoms with van der Waals surface area (Å²) >= 11 is 0. The van der Waals surface area contributed by atoms with E-state index in [1.165, 1.54) is 167 Å². The van der Waals surface area contributed by atoms with Crippen LogP contribution in [0.15, 0.2) is 36.5 Å². The summed E-state index contributed by atoms with van der Waals surface area (Å²) in [5, 5.41) is 9.65. The van der Waals surface area contributed by atoms with Crippen molar-refractivity contribution in [2.24, 2.45) is 0 Å². The standard InChI is InChI=1S/C54H99NO7/c1-6-8-10-12-14-16-18-20-22-24-26-28-30-32-34-36-38-40-42-44-52(56)61-49-50(48-60-47-46-51(54(58)59)55(3,4)5)62-53(57)45-43-41-39-37-35-33-31-29-27-25-23-21-19-17-15-13-11-9-7-2/h14,16,18,20,25,27,50-51H,6-13,15,17,19,21-24,26,28-49H2,1-5H3/p+1/b16-14+,20-18+,27-25+. The molecule has 62 heavy (non-hydrogen) atoms. The third-order valence-electron chi connectivity index (χ3n) is 11.8. The molecule has 0 saturated heterocycles. The van der Waals surface area contributed by atoms with E-state index in [1.807, 2.05) is 21.1 Å². The van der Waals surface area contributed by atoms with Gasteiger partial charge < -0.3 is 23.8 Å². The summed E-state index contributed by atoms with van der Waals surface area (Å²) in [7, 11) is 5.54. The van der Waals surface area contributed by atoms with E-state index in [2.05, 4.69) is 50.3 Å². The number of aliphatic carboxylic acids is 1. The van der Waals surface area contributed by atoms with Crippen molar-refractivity contribution in [2.45, 2.75) is 251 Å². The molecule has 8 heteroatoms. The van der Waals surface area contributed by atoms with Crippen molar-refractivity contribution < 1.29 is 38.2 Å². The highest BCUT2D eigenvalue weighted by Gasteiger charge is 2.31. The van der Waals surface area contributed by atoms with Gasteiger partial charge in [0, 0.05) is 19.3 Å². The van der Waals surface area contributed by atoms with Gasteiger partial charge in [-0.1, -0.05) is 192 Å². The van der Waals surface area contributed by atoms with Crippen LogP contribution in [0.1, 0.15) is 239 Å². The third kappa shape index (κ3) is 42.8. The lowest BCUT2D eigenvalue weighted by Gasteiger charge is -2.31. The first-order chi connectivity index (χ1) is 30.1. The van der Waals surface area contributed by atoms with Crippen molar-refractivity contribution in [1.29, 1.82) is 0 Å². The van der Waals surface area contributed by atoms with Gasteiger partial charge in [-0.25, -0.2) is 4.79 Å². The Kier molecular flexibility index (Phi) is 43.3. The lowest BCUT2D eigenvalue weighted by molar-refractivity contribution is -0.887. The number of carbonyl (C=O) groups excluding carboxylic acids is 2. The molecule has 0 aliphatic heterocycles. The maximum atomic E-state index is 12.8. The highest BCUT2D eigenvalue weighted by atomic mass is 16.6. The summed E-state index contributed by atoms with van der Waals surface area (Å²) in [6.07, 6.45) is 53.3. The highest BCUT2D eigenvalue weighted by molar-refractivity contribution is 5.72. The highest BCUT2D eigenvalue weighted by Crippen LogP contribution is 2.15. The van der Waals surface area contributed by atoms with E-state index in [-0.39, 0.29) is 36.2 Å². The maximum Gasteiger partial charge on any atom is 0.362 e. The minimum atomic E-state index is -0.874. The Bertz CT molecular complexity index is 1110. The minimum absolute atomic E-state index is 0.0525. The molecule has 0 radical (unpaired) electrons. The summed E-state index contributed by atoms with van der Waals surface area (Å²) in [6.45, 7) is 4.73. The zero-order valence-electron chi connectivity index (χ0n) is 41.3. The Morgan fingerprint density at radius 1 is 0.484 bits per heavy atom. The number of carboxylic acids is 1. The number of hydrogen-bond acceptors (Lipinski definition) is 6. The monoisotopic (exact) mass is 875 g/mol. The van der Waals surface area contributed by atoms with Gasteiger partial charge in [-0.05, 0) is 64.2 Å². The van der Waals surface area contributed by atoms with Crippen LogP contribution < -0.4 is 0 Å². The Labute approximate surface area is 383 Å². The largest absolute Gasteiger partial charge is 0.477 e. The van der Waals surface area contributed by atoms with Crippen molar-refractivity contribution >= 4 is 17.9 Å². The summed E-state index contributed by atoms with van der Waals surface area (Å²) in [6, 6.07) is -0.615. The van der Waals surface area contributed by atoms with Crippen LogP contribution in [0, 0.1) is 0 Å². The number of hydrogen-bond donors (Lipinski definition) is 1. The number of likely N-dealkylation sites (N-methyl/N-ethyl adjacent to an activating group) is 1. The number of unbranched alkanes of at least 4 members (excludes halogenated alkanes) is 28. The van der Waals surface area contributed by atoms with E-state index in [1.54, 1.807) is 0 Å². The predicted molar refractivity (Wildman–Crippen MR) is 261 cm³/mol. The van der Waals surface area contributed by atoms with Gasteiger partial charge in [0.05, 0.1) is 34.4 Å². The minimum Gasteiger partial charge on any atom is -0.477 e. The molecular formula is C54H100NO7+. The van der Waals surface area contributed by atoms with E-state index < -0.39 is 18.1 Å². The molecule has 0 saturated carbocycles. The number of nitrogens with zero attached hydrogens (tertiary/aromatic N) is 1. The average Bonchev–Trinajstić information content (AvgIpc) is 3.23. The zero-order chi connectivity index (χ0) is 45.6. The van der Waals surface area contributed by atoms with Crippen molar-refractivity contribution in [1.82, 2.24) is 0 Å². The van der Waals surface area contributed by atoms with Gasteiger partial charge >= 0.3 is 17.9 Å². The van der Waals surface area contributed by atoms with Crippen LogP contribution in [0.25, 0.3) is 0 Å². The van der Waals surface area contributed by atoms with Crippen LogP contribution >= 0.6 is 0 Å². The van der Waals surface area contributed by atoms with Crippen molar-refractivity contribution in [2.75, 3.05) is 41.0 Å². The molecule has 0 fully saturated rings. The van der Waals surface area contributed by atoms with E-state index >= 15 is 0 Å². The maximum absolute atomic E-state index is 12.8. The van der Waals surface area contributed by atoms with Gasteiger partial charge in [0.2, 0.25) is 0 Å². The second kappa shape index (κ2) is 45.1. The fourth-order valence-corrected chi connectivity index (χ4v) is 7.73. The molecule has 0 aliphatic carbocycles. The number of ether oxygens (including phenoxy) is 3. The fourth-order valence-electron chi connectivity index (χ4n) is 7.73. The molecule has 0 heterocycles. The van der Waals surface area contributed by atoms with E-state index in [9.17, 15) is 19.5 Å². The topological polar surface area (TPSA) is 99.1 Å². The van der Waals surface area contributed by atoms with Crippen molar-refractivity contribution in [3.8, 4) is 0 Å². The molecule has 1 N–H and O–H groups in total. The van der Waals surface area contributed by atoms with Crippen LogP contribution in [0.4, 0.5) is 0 Å². The lowest BCUT2D eigenvalue weighted by atomic mass is 10.1. The van der Waals surface area contributed by atoms with Crippen LogP contribution in [0.2, 0.25) is 0 Å². The first-order valence-electron chi connectivity index (χ1n) is 26.0. The van der Waals surface area contributed by atoms with Gasteiger partial charge in [-0.3, -0.25) is 9.59 Å². The number of rotatable bonds is 47. The molecule has 0 aromatic rings. The molecule has 0 bridgehead atoms. The SMILES string of the molecule is CCCCC/C=C/C=C/CCCCCCCCCCCCC(=O)OCC(COCCC(C(=O)O)[N+](C)(C)C)OC(=O)CCCCCCCCC/C=C/CCCCCCCCCC. The van der Waals surface area contributed by atoms with E-state index in [4.69, 9.17) is 14.2 Å². The van der Waals surface area contributed by atoms with Crippen LogP contribution in [-0.2, 0) is 28.6 Å². The fraction of sp³-hybridized carbons (Fsp3) is 0.833. The molecule has 8 nitrogen and oxygen atoms in total. The Balaban J connectivity index is 4.24. The Morgan fingerprint density at radius 2 is 0.855 bits per heavy atom. The second-order valence-corrected chi connectivity index (χ2v) is 18.8. The number of carboxylic acid groups (broad SMARTS) is 1. The Morgan fingerprint density at radius 3 is 1.29 bits per heavy atom. The molecule has 0 aromatic heterocycles. The zero-order valence-corrected chi connectivity index (χ0v) is 41.3. The van der Waals surface area contributed by atoms with Crippen molar-refractivity contribution in [3.05, 3.63) is 36.5 Å². The van der Waals surface area contributed by atoms with Crippen molar-refractivity contribution in [3.63, 3.8) is 0 Å². The molecule has 0 aliphatic rings. The van der Waals surface area contributed by atoms with Crippen LogP contribution in [0.3, 0.4) is 0 Å². The molecule has 0 rings (SSSR count). The van der Waals surface area contributed by atoms with Gasteiger partial charge in [-0.15, -0.1) is 0 Å². The molecule has 0 amide bonds. The van der Waals surface area contributed by atoms with Crippen LogP contribution in [0.5, 0.6) is 0 Å². The first-order valence-corrected chi connectivity index (χ1v) is 26.0. The molecule has 362 valence electrons. The van der Waals surface area contributed by atoms with Gasteiger partial charge in [0.25, 0.3) is 0 Å². The van der Waals surface area contributed by atoms with E-state index in [0.717, 1.165) is 38.5 Å². The number of allylic oxidation sites excluding steroid dienone is 6. The van der Waals surface area contributed by atoms with Crippen LogP contribution in [-0.4, -0.2) is 80.6 Å². The lowest BCUT2D eigenvalue weighted by Crippen LogP contribution is -2.50. The molecule has 0 spiro atoms. The molecule has 2 atom stereocenters. The molecule has 2 unspecified atom stereocenters. The summed E-state index contributed by atoms with van der Waals surface area (Å²) < 4.78 is 17.4. The quantitative estimate of drug-likeness (QED) is 0.0214.